The van der Waals surface area contributed by atoms with E-state index in [0.717, 1.165) is 90.6 Å². The summed E-state index contributed by atoms with van der Waals surface area (Å²) in [6, 6.07) is 54.4. The average molecular weight is 2170 g/mol. The van der Waals surface area contributed by atoms with Crippen molar-refractivity contribution in [3.63, 3.8) is 0 Å². The normalized spacial score (nSPS) is 10.8. The Balaban J connectivity index is 0.000000146. The maximum Gasteiger partial charge on any atom is 0.339 e. The van der Waals surface area contributed by atoms with E-state index in [1.165, 1.54) is 108 Å². The molecule has 0 bridgehead atoms. The van der Waals surface area contributed by atoms with Crippen molar-refractivity contribution in [3.8, 4) is 55.6 Å². The second-order valence-electron chi connectivity index (χ2n) is 27.2. The van der Waals surface area contributed by atoms with E-state index in [1.807, 2.05) is 165 Å². The summed E-state index contributed by atoms with van der Waals surface area (Å²) in [6.07, 6.45) is 0. The molecule has 0 aliphatic heterocycles. The molecule has 0 saturated carbocycles. The minimum absolute atomic E-state index is 0.0117. The van der Waals surface area contributed by atoms with Crippen LogP contribution in [-0.4, -0.2) is 88.2 Å². The summed E-state index contributed by atoms with van der Waals surface area (Å²) in [5.74, 6) is -6.59. The number of hydrogen-bond donors (Lipinski definition) is 10. The van der Waals surface area contributed by atoms with E-state index in [0.29, 0.717) is 78.5 Å². The van der Waals surface area contributed by atoms with Crippen LogP contribution >= 0.6 is 177 Å². The lowest BCUT2D eigenvalue weighted by Crippen LogP contribution is -2.17. The number of hydrogen-bond acceptors (Lipinski definition) is 22. The third kappa shape index (κ3) is 22.9. The van der Waals surface area contributed by atoms with E-state index in [4.69, 9.17) is 5.73 Å². The van der Waals surface area contributed by atoms with Crippen molar-refractivity contribution < 1.29 is 76.8 Å². The van der Waals surface area contributed by atoms with Gasteiger partial charge >= 0.3 is 23.9 Å². The van der Waals surface area contributed by atoms with Gasteiger partial charge in [0.05, 0.1) is 39.7 Å². The molecule has 0 radical (unpaired) electrons. The van der Waals surface area contributed by atoms with Gasteiger partial charge in [-0.15, -0.1) is 113 Å². The number of nitrogens with two attached hydrogens (primary N) is 1. The molecule has 0 aliphatic carbocycles. The fraction of sp³-hybridized carbons (Fsp3) is 0.0549. The molecule has 16 aromatic rings. The van der Waals surface area contributed by atoms with Gasteiger partial charge in [-0.25, -0.2) is 27.6 Å². The fourth-order valence-electron chi connectivity index (χ4n) is 12.3. The number of benzene rings is 6. The van der Waals surface area contributed by atoms with Crippen molar-refractivity contribution >= 4 is 271 Å². The second kappa shape index (κ2) is 43.3. The Kier molecular flexibility index (Phi) is 32.5. The highest BCUT2D eigenvalue weighted by Crippen LogP contribution is 2.44. The third-order valence-corrected chi connectivity index (χ3v) is 32.5. The Morgan fingerprint density at radius 3 is 0.969 bits per heavy atom. The van der Waals surface area contributed by atoms with Crippen molar-refractivity contribution in [2.24, 2.45) is 5.73 Å². The average Bonchev–Trinajstić information content (AvgIpc) is 1.63. The minimum Gasteiger partial charge on any atom is -0.478 e. The number of carbonyl (C=O) groups excluding carboxylic acids is 6. The van der Waals surface area contributed by atoms with Gasteiger partial charge in [0.2, 0.25) is 9.84 Å². The van der Waals surface area contributed by atoms with Gasteiger partial charge < -0.3 is 52.7 Å². The largest absolute Gasteiger partial charge is 0.478 e. The fourth-order valence-corrected chi connectivity index (χ4v) is 24.3. The molecule has 6 amide bonds. The second-order valence-corrected chi connectivity index (χ2v) is 41.6. The van der Waals surface area contributed by atoms with Gasteiger partial charge in [0.25, 0.3) is 35.4 Å². The number of primary amides is 1. The van der Waals surface area contributed by atoms with Crippen molar-refractivity contribution in [2.75, 3.05) is 26.6 Å². The lowest BCUT2D eigenvalue weighted by molar-refractivity contribution is 0.0688. The first-order valence-electron chi connectivity index (χ1n) is 37.2. The highest BCUT2D eigenvalue weighted by atomic mass is 79.9. The Morgan fingerprint density at radius 1 is 0.312 bits per heavy atom. The number of anilines is 5. The zero-order valence-corrected chi connectivity index (χ0v) is 82.2. The van der Waals surface area contributed by atoms with Crippen LogP contribution in [0.4, 0.5) is 25.0 Å². The molecule has 37 heteroatoms. The van der Waals surface area contributed by atoms with E-state index in [1.54, 1.807) is 87.7 Å². The van der Waals surface area contributed by atoms with Crippen LogP contribution in [0.15, 0.2) is 263 Å². The number of carboxylic acid groups (broad SMARTS) is 4. The Hall–Kier alpha value is -11.1. The molecule has 128 heavy (non-hydrogen) atoms. The molecule has 10 aromatic heterocycles. The molecule has 0 unspecified atom stereocenters. The smallest absolute Gasteiger partial charge is 0.339 e. The number of rotatable bonds is 22. The molecule has 0 fully saturated rings. The van der Waals surface area contributed by atoms with Crippen LogP contribution in [-0.2, 0) is 9.84 Å². The zero-order valence-electron chi connectivity index (χ0n) is 66.9. The van der Waals surface area contributed by atoms with Crippen LogP contribution in [0.2, 0.25) is 0 Å². The van der Waals surface area contributed by atoms with E-state index >= 15 is 0 Å². The van der Waals surface area contributed by atoms with Gasteiger partial charge in [-0.05, 0) is 173 Å². The monoisotopic (exact) mass is 2170 g/mol. The maximum atomic E-state index is 13.1. The molecule has 11 N–H and O–H groups in total. The summed E-state index contributed by atoms with van der Waals surface area (Å²) in [5, 5.41) is 71.4. The van der Waals surface area contributed by atoms with Crippen LogP contribution in [0.3, 0.4) is 0 Å². The van der Waals surface area contributed by atoms with Crippen molar-refractivity contribution in [3.05, 3.63) is 334 Å². The molecule has 6 aromatic carbocycles. The van der Waals surface area contributed by atoms with Crippen LogP contribution in [0.1, 0.15) is 128 Å². The first kappa shape index (κ1) is 96.0. The highest BCUT2D eigenvalue weighted by molar-refractivity contribution is 9.11. The molecule has 0 saturated heterocycles. The number of halogens is 4. The Bertz CT molecular complexity index is 6970. The number of carbonyl (C=O) groups is 10. The van der Waals surface area contributed by atoms with Crippen molar-refractivity contribution in [2.45, 2.75) is 44.4 Å². The molecule has 16 rings (SSSR count). The lowest BCUT2D eigenvalue weighted by atomic mass is 10.0. The minimum atomic E-state index is -3.79. The molecule has 22 nitrogen and oxygen atoms in total. The van der Waals surface area contributed by atoms with E-state index in [9.17, 15) is 76.8 Å². The summed E-state index contributed by atoms with van der Waals surface area (Å²) in [6.45, 7) is 9.15. The zero-order chi connectivity index (χ0) is 91.9. The molecule has 0 spiro atoms. The van der Waals surface area contributed by atoms with Gasteiger partial charge in [0.1, 0.15) is 47.3 Å². The van der Waals surface area contributed by atoms with Gasteiger partial charge in [-0.1, -0.05) is 184 Å². The van der Waals surface area contributed by atoms with Gasteiger partial charge in [-0.2, -0.15) is 0 Å². The number of sulfone groups is 1. The molecule has 650 valence electrons. The van der Waals surface area contributed by atoms with Crippen molar-refractivity contribution in [1.29, 1.82) is 0 Å². The molecule has 0 aliphatic rings. The predicted octanol–water partition coefficient (Wildman–Crippen LogP) is 27.0. The van der Waals surface area contributed by atoms with E-state index in [-0.39, 0.29) is 65.6 Å². The van der Waals surface area contributed by atoms with Gasteiger partial charge in [0.15, 0.2) is 0 Å². The topological polar surface area (TPSA) is 372 Å². The third-order valence-electron chi connectivity index (χ3n) is 18.6. The predicted molar refractivity (Wildman–Crippen MR) is 533 cm³/mol. The standard InChI is InChI=1S/C24H18BrNO5S3.C17H13BrN2O2S2.C17H12BrNO3S2.C17H13NO3S2.C16H10BrNO3S2/c1-13-3-9-17(10-4-13)34(30,31)19-12-32-21(14(19)2)22(27)26-23-20(24(28)29)18(11-33-23)15-5-7-16(25)8-6-15;1-9-6-7-23-14(9)16(22)20-17-13(15(19)21)12(8-24-17)10-2-4-11(18)5-3-10;1-9-6-7-23-14(9)15(20)19-16-13(17(21)22)11(8-24-16)10-4-2-3-5-12(10)18;1-10-4-6-11(7-5-10)12-9-23-16(14(12)17(20)21)18-15(19)13-3-2-8-22-13;17-11-5-2-1-4-9(11)10-8-23-15(13(10)16(20)21)18-14(19)12-6-3-7-22-12/h3-12H,1-2H3,(H,26,27)(H,28,29);2-8H,1H3,(H2,19,21)(H,20,22);2-8H,1H3,(H,19,20)(H,21,22);2-9H,1H3,(H,18,19)(H,20,21);1-8H,(H,18,19)(H,20,21). The summed E-state index contributed by atoms with van der Waals surface area (Å²) < 4.78 is 29.6. The number of nitrogens with one attached hydrogen (secondary N) is 5. The molecule has 0 atom stereocenters. The first-order valence-corrected chi connectivity index (χ1v) is 50.6. The number of aryl methyl sites for hydroxylation is 4. The van der Waals surface area contributed by atoms with Gasteiger partial charge in [-0.3, -0.25) is 28.8 Å². The number of carboxylic acids is 4. The van der Waals surface area contributed by atoms with Crippen molar-refractivity contribution in [1.82, 2.24) is 0 Å². The Morgan fingerprint density at radius 2 is 0.633 bits per heavy atom. The summed E-state index contributed by atoms with van der Waals surface area (Å²) in [7, 11) is -3.79. The Labute approximate surface area is 805 Å². The van der Waals surface area contributed by atoms with Crippen LogP contribution < -0.4 is 32.3 Å². The molecule has 10 heterocycles. The van der Waals surface area contributed by atoms with Crippen LogP contribution in [0, 0.1) is 34.6 Å². The summed E-state index contributed by atoms with van der Waals surface area (Å²) >= 11 is 26.0. The summed E-state index contributed by atoms with van der Waals surface area (Å²) in [5.41, 5.74) is 17.3. The molecular weight excluding hydrogens is 2110 g/mol. The highest BCUT2D eigenvalue weighted by Gasteiger charge is 2.31. The SMILES string of the molecule is Cc1ccc(-c2csc(NC(=O)c3cccs3)c2C(=O)O)cc1.Cc1ccc(S(=O)(=O)c2csc(C(=O)Nc3scc(-c4ccc(Br)cc4)c3C(=O)O)c2C)cc1.Cc1ccsc1C(=O)Nc1scc(-c2ccc(Br)cc2)c1C(N)=O.Cc1ccsc1C(=O)Nc1scc(-c2ccccc2Br)c1C(=O)O.O=C(Nc1scc(-c2ccccc2Br)c1C(=O)O)c1cccs1. The lowest BCUT2D eigenvalue weighted by Gasteiger charge is -2.07. The first-order chi connectivity index (χ1) is 61.2. The number of thiophene rings is 10. The maximum absolute atomic E-state index is 13.1. The van der Waals surface area contributed by atoms with Crippen LogP contribution in [0.25, 0.3) is 55.6 Å². The van der Waals surface area contributed by atoms with Crippen LogP contribution in [0.5, 0.6) is 0 Å². The number of amides is 6. The number of aromatic carboxylic acids is 4. The van der Waals surface area contributed by atoms with E-state index < -0.39 is 45.5 Å². The molecular formula is C91H66Br4N6O16S11. The quantitative estimate of drug-likeness (QED) is 0.0301. The van der Waals surface area contributed by atoms with E-state index in [2.05, 4.69) is 90.3 Å². The summed E-state index contributed by atoms with van der Waals surface area (Å²) in [4.78, 5) is 124. The van der Waals surface area contributed by atoms with Gasteiger partial charge in [0, 0.05) is 78.0 Å².